The van der Waals surface area contributed by atoms with Crippen molar-refractivity contribution >= 4 is 15.9 Å². The molecule has 3 aromatic rings. The highest BCUT2D eigenvalue weighted by molar-refractivity contribution is 7.89. The fourth-order valence-electron chi connectivity index (χ4n) is 4.32. The highest BCUT2D eigenvalue weighted by atomic mass is 32.2. The van der Waals surface area contributed by atoms with Crippen molar-refractivity contribution in [1.29, 1.82) is 0 Å². The molecule has 0 aliphatic carbocycles. The van der Waals surface area contributed by atoms with E-state index >= 15 is 0 Å². The summed E-state index contributed by atoms with van der Waals surface area (Å²) in [6.45, 7) is 6.31. The van der Waals surface area contributed by atoms with Gasteiger partial charge in [0.15, 0.2) is 0 Å². The highest BCUT2D eigenvalue weighted by Crippen LogP contribution is 2.19. The van der Waals surface area contributed by atoms with Crippen LogP contribution < -0.4 is 0 Å². The Labute approximate surface area is 219 Å². The van der Waals surface area contributed by atoms with E-state index in [0.717, 1.165) is 30.8 Å². The third-order valence-electron chi connectivity index (χ3n) is 6.45. The molecule has 9 heteroatoms. The Hall–Kier alpha value is -2.98. The van der Waals surface area contributed by atoms with Gasteiger partial charge in [-0.1, -0.05) is 48.0 Å². The molecule has 0 saturated carbocycles. The Morgan fingerprint density at radius 3 is 2.35 bits per heavy atom. The van der Waals surface area contributed by atoms with Crippen LogP contribution in [0, 0.1) is 6.92 Å². The second kappa shape index (κ2) is 13.0. The van der Waals surface area contributed by atoms with E-state index in [1.807, 2.05) is 43.3 Å². The topological polar surface area (TPSA) is 83.3 Å². The smallest absolute Gasteiger partial charge is 0.243 e. The Kier molecular flexibility index (Phi) is 9.51. The second-order valence-corrected chi connectivity index (χ2v) is 11.2. The van der Waals surface area contributed by atoms with Crippen LogP contribution in [-0.4, -0.2) is 74.4 Å². The third kappa shape index (κ3) is 7.75. The number of rotatable bonds is 12. The Bertz CT molecular complexity index is 1210. The number of furan rings is 1. The summed E-state index contributed by atoms with van der Waals surface area (Å²) in [6.07, 6.45) is 2.19. The first-order valence-electron chi connectivity index (χ1n) is 12.6. The predicted molar refractivity (Wildman–Crippen MR) is 141 cm³/mol. The largest absolute Gasteiger partial charge is 0.467 e. The summed E-state index contributed by atoms with van der Waals surface area (Å²) in [6, 6.07) is 20.0. The number of nitrogens with zero attached hydrogens (tertiary/aromatic N) is 3. The van der Waals surface area contributed by atoms with E-state index < -0.39 is 10.0 Å². The first kappa shape index (κ1) is 27.1. The van der Waals surface area contributed by atoms with Crippen molar-refractivity contribution in [2.45, 2.75) is 31.3 Å². The standard InChI is InChI=1S/C28H35N3O5S/c1-24-10-12-27(13-11-24)37(33,34)31(15-6-14-29-16-19-35-20-17-29)23-28(32)30(22-26-9-5-18-36-26)21-25-7-3-2-4-8-25/h2-5,7-13,18H,6,14-17,19-23H2,1H3. The van der Waals surface area contributed by atoms with Gasteiger partial charge in [-0.3, -0.25) is 9.69 Å². The maximum absolute atomic E-state index is 13.7. The van der Waals surface area contributed by atoms with E-state index in [9.17, 15) is 13.2 Å². The molecule has 4 rings (SSSR count). The van der Waals surface area contributed by atoms with Gasteiger partial charge in [0.2, 0.25) is 15.9 Å². The molecular formula is C28H35N3O5S. The average Bonchev–Trinajstić information content (AvgIpc) is 3.42. The predicted octanol–water partition coefficient (Wildman–Crippen LogP) is 3.53. The zero-order valence-electron chi connectivity index (χ0n) is 21.3. The van der Waals surface area contributed by atoms with Crippen LogP contribution in [0.5, 0.6) is 0 Å². The summed E-state index contributed by atoms with van der Waals surface area (Å²) < 4.78 is 39.6. The summed E-state index contributed by atoms with van der Waals surface area (Å²) >= 11 is 0. The van der Waals surface area contributed by atoms with Crippen molar-refractivity contribution in [2.75, 3.05) is 45.9 Å². The summed E-state index contributed by atoms with van der Waals surface area (Å²) in [5, 5.41) is 0. The lowest BCUT2D eigenvalue weighted by molar-refractivity contribution is -0.133. The molecular weight excluding hydrogens is 490 g/mol. The van der Waals surface area contributed by atoms with Crippen molar-refractivity contribution < 1.29 is 22.4 Å². The molecule has 1 fully saturated rings. The normalized spacial score (nSPS) is 14.6. The Morgan fingerprint density at radius 1 is 0.946 bits per heavy atom. The SMILES string of the molecule is Cc1ccc(S(=O)(=O)N(CCCN2CCOCC2)CC(=O)N(Cc2ccccc2)Cc2ccco2)cc1. The molecule has 1 saturated heterocycles. The van der Waals surface area contributed by atoms with Crippen molar-refractivity contribution in [2.24, 2.45) is 0 Å². The molecule has 0 N–H and O–H groups in total. The van der Waals surface area contributed by atoms with Crippen LogP contribution >= 0.6 is 0 Å². The van der Waals surface area contributed by atoms with Crippen LogP contribution in [-0.2, 0) is 32.6 Å². The minimum atomic E-state index is -3.87. The van der Waals surface area contributed by atoms with Gasteiger partial charge in [-0.25, -0.2) is 8.42 Å². The molecule has 8 nitrogen and oxygen atoms in total. The minimum absolute atomic E-state index is 0.193. The maximum atomic E-state index is 13.7. The molecule has 0 atom stereocenters. The Balaban J connectivity index is 1.53. The zero-order valence-corrected chi connectivity index (χ0v) is 22.1. The molecule has 37 heavy (non-hydrogen) atoms. The van der Waals surface area contributed by atoms with E-state index in [1.165, 1.54) is 4.31 Å². The quantitative estimate of drug-likeness (QED) is 0.360. The van der Waals surface area contributed by atoms with Gasteiger partial charge in [0.1, 0.15) is 5.76 Å². The molecule has 1 aliphatic rings. The average molecular weight is 526 g/mol. The zero-order chi connectivity index (χ0) is 26.1. The van der Waals surface area contributed by atoms with E-state index in [-0.39, 0.29) is 30.4 Å². The van der Waals surface area contributed by atoms with Gasteiger partial charge in [-0.05, 0) is 49.7 Å². The molecule has 198 valence electrons. The van der Waals surface area contributed by atoms with Gasteiger partial charge in [0.05, 0.1) is 37.5 Å². The highest BCUT2D eigenvalue weighted by Gasteiger charge is 2.29. The van der Waals surface area contributed by atoms with Crippen LogP contribution in [0.15, 0.2) is 82.3 Å². The molecule has 1 aromatic heterocycles. The molecule has 0 unspecified atom stereocenters. The van der Waals surface area contributed by atoms with Crippen LogP contribution in [0.3, 0.4) is 0 Å². The number of sulfonamides is 1. The lowest BCUT2D eigenvalue weighted by Gasteiger charge is -2.29. The van der Waals surface area contributed by atoms with Gasteiger partial charge in [-0.15, -0.1) is 0 Å². The van der Waals surface area contributed by atoms with Crippen LogP contribution in [0.1, 0.15) is 23.3 Å². The number of hydrogen-bond donors (Lipinski definition) is 0. The summed E-state index contributed by atoms with van der Waals surface area (Å²) in [7, 11) is -3.87. The number of carbonyl (C=O) groups is 1. The van der Waals surface area contributed by atoms with Crippen molar-refractivity contribution in [3.05, 3.63) is 89.9 Å². The van der Waals surface area contributed by atoms with Crippen LogP contribution in [0.25, 0.3) is 0 Å². The summed E-state index contributed by atoms with van der Waals surface area (Å²) in [5.41, 5.74) is 1.93. The second-order valence-electron chi connectivity index (χ2n) is 9.27. The van der Waals surface area contributed by atoms with E-state index in [0.29, 0.717) is 31.9 Å². The molecule has 2 heterocycles. The molecule has 0 spiro atoms. The molecule has 0 radical (unpaired) electrons. The fraction of sp³-hybridized carbons (Fsp3) is 0.393. The lowest BCUT2D eigenvalue weighted by Crippen LogP contribution is -2.44. The van der Waals surface area contributed by atoms with E-state index in [2.05, 4.69) is 4.90 Å². The summed E-state index contributed by atoms with van der Waals surface area (Å²) in [5.74, 6) is 0.367. The molecule has 2 aromatic carbocycles. The van der Waals surface area contributed by atoms with Crippen LogP contribution in [0.2, 0.25) is 0 Å². The van der Waals surface area contributed by atoms with Gasteiger partial charge in [0.25, 0.3) is 0 Å². The number of amides is 1. The lowest BCUT2D eigenvalue weighted by atomic mass is 10.2. The number of benzene rings is 2. The first-order valence-corrected chi connectivity index (χ1v) is 14.1. The van der Waals surface area contributed by atoms with Crippen LogP contribution in [0.4, 0.5) is 0 Å². The Morgan fingerprint density at radius 2 is 1.68 bits per heavy atom. The number of ether oxygens (including phenoxy) is 1. The summed E-state index contributed by atoms with van der Waals surface area (Å²) in [4.78, 5) is 17.7. The number of morpholine rings is 1. The number of aryl methyl sites for hydroxylation is 1. The number of hydrogen-bond acceptors (Lipinski definition) is 6. The van der Waals surface area contributed by atoms with Crippen molar-refractivity contribution in [1.82, 2.24) is 14.1 Å². The van der Waals surface area contributed by atoms with Crippen molar-refractivity contribution in [3.8, 4) is 0 Å². The monoisotopic (exact) mass is 525 g/mol. The van der Waals surface area contributed by atoms with Gasteiger partial charge >= 0.3 is 0 Å². The van der Waals surface area contributed by atoms with Gasteiger partial charge in [-0.2, -0.15) is 4.31 Å². The van der Waals surface area contributed by atoms with Crippen molar-refractivity contribution in [3.63, 3.8) is 0 Å². The fourth-order valence-corrected chi connectivity index (χ4v) is 5.74. The van der Waals surface area contributed by atoms with Gasteiger partial charge in [0, 0.05) is 26.2 Å². The number of carbonyl (C=O) groups excluding carboxylic acids is 1. The first-order chi connectivity index (χ1) is 17.9. The molecule has 0 bridgehead atoms. The van der Waals surface area contributed by atoms with E-state index in [1.54, 1.807) is 41.5 Å². The van der Waals surface area contributed by atoms with Gasteiger partial charge < -0.3 is 14.1 Å². The third-order valence-corrected chi connectivity index (χ3v) is 8.31. The molecule has 1 aliphatic heterocycles. The maximum Gasteiger partial charge on any atom is 0.243 e. The van der Waals surface area contributed by atoms with E-state index in [4.69, 9.17) is 9.15 Å². The minimum Gasteiger partial charge on any atom is -0.467 e. The molecule has 1 amide bonds.